The molecule has 3 aromatic carbocycles. The number of hydrogen-bond acceptors (Lipinski definition) is 6. The zero-order valence-electron chi connectivity index (χ0n) is 21.9. The molecule has 9 nitrogen and oxygen atoms in total. The van der Waals surface area contributed by atoms with Gasteiger partial charge in [-0.3, -0.25) is 29.5 Å². The van der Waals surface area contributed by atoms with Crippen molar-refractivity contribution in [2.75, 3.05) is 19.6 Å². The van der Waals surface area contributed by atoms with Crippen LogP contribution in [0.1, 0.15) is 56.3 Å². The minimum atomic E-state index is -0.757. The van der Waals surface area contributed by atoms with Crippen LogP contribution in [0.2, 0.25) is 0 Å². The second-order valence-electron chi connectivity index (χ2n) is 10.9. The highest BCUT2D eigenvalue weighted by molar-refractivity contribution is 6.22. The normalized spacial score (nSPS) is 22.9. The molecular formula is C31H29N5O4. The number of amides is 5. The molecule has 5 amide bonds. The Morgan fingerprint density at radius 3 is 2.08 bits per heavy atom. The number of fused-ring (bicyclic) bond motifs is 3. The lowest BCUT2D eigenvalue weighted by molar-refractivity contribution is -0.122. The Labute approximate surface area is 231 Å². The molecule has 3 aromatic rings. The molecule has 3 fully saturated rings. The van der Waals surface area contributed by atoms with Gasteiger partial charge in [-0.05, 0) is 35.2 Å². The standard InChI is InChI=1S/C31H29N5O4/c37-27-13-14-35(31(40)32-27)36-29(38)25-12-11-20(15-26(25)30(36)39)17-33-18-24-16-23(33)19-34(24)28(21-7-3-1-4-8-21)22-9-5-2-6-10-22/h1-12,15,23-24,28H,13-14,16-19H2,(H,32,37,40)/t23-,24-/m1/s1. The van der Waals surface area contributed by atoms with Crippen molar-refractivity contribution >= 4 is 23.8 Å². The molecule has 0 aliphatic carbocycles. The van der Waals surface area contributed by atoms with Crippen LogP contribution in [0.25, 0.3) is 0 Å². The lowest BCUT2D eigenvalue weighted by atomic mass is 9.96. The van der Waals surface area contributed by atoms with E-state index in [4.69, 9.17) is 0 Å². The summed E-state index contributed by atoms with van der Waals surface area (Å²) in [6.07, 6.45) is 1.13. The molecule has 3 saturated heterocycles. The molecule has 0 spiro atoms. The first-order valence-corrected chi connectivity index (χ1v) is 13.7. The van der Waals surface area contributed by atoms with E-state index in [1.165, 1.54) is 11.1 Å². The number of nitrogens with one attached hydrogen (secondary N) is 1. The van der Waals surface area contributed by atoms with E-state index in [9.17, 15) is 19.2 Å². The molecule has 2 bridgehead atoms. The van der Waals surface area contributed by atoms with E-state index < -0.39 is 23.8 Å². The average molecular weight is 536 g/mol. The van der Waals surface area contributed by atoms with Gasteiger partial charge in [-0.25, -0.2) is 9.80 Å². The first-order valence-electron chi connectivity index (χ1n) is 13.7. The maximum Gasteiger partial charge on any atom is 0.343 e. The number of imide groups is 2. The van der Waals surface area contributed by atoms with Crippen LogP contribution in [-0.4, -0.2) is 75.3 Å². The summed E-state index contributed by atoms with van der Waals surface area (Å²) < 4.78 is 0. The molecule has 0 unspecified atom stereocenters. The van der Waals surface area contributed by atoms with Crippen molar-refractivity contribution in [3.63, 3.8) is 0 Å². The highest BCUT2D eigenvalue weighted by Crippen LogP contribution is 2.40. The Kier molecular flexibility index (Phi) is 5.98. The highest BCUT2D eigenvalue weighted by atomic mass is 16.2. The monoisotopic (exact) mass is 535 g/mol. The summed E-state index contributed by atoms with van der Waals surface area (Å²) >= 11 is 0. The summed E-state index contributed by atoms with van der Waals surface area (Å²) in [7, 11) is 0. The molecule has 2 atom stereocenters. The van der Waals surface area contributed by atoms with Gasteiger partial charge in [0.05, 0.1) is 23.7 Å². The molecule has 0 saturated carbocycles. The largest absolute Gasteiger partial charge is 0.343 e. The second kappa shape index (κ2) is 9.69. The van der Waals surface area contributed by atoms with Crippen LogP contribution >= 0.6 is 0 Å². The van der Waals surface area contributed by atoms with Gasteiger partial charge in [-0.15, -0.1) is 0 Å². The molecule has 9 heteroatoms. The number of hydrogen-bond donors (Lipinski definition) is 1. The van der Waals surface area contributed by atoms with Gasteiger partial charge in [-0.2, -0.15) is 5.01 Å². The molecule has 0 radical (unpaired) electrons. The smallest absolute Gasteiger partial charge is 0.293 e. The number of carbonyl (C=O) groups excluding carboxylic acids is 4. The average Bonchev–Trinajstić information content (AvgIpc) is 3.62. The fraction of sp³-hybridized carbons (Fsp3) is 0.290. The van der Waals surface area contributed by atoms with Crippen LogP contribution in [0.4, 0.5) is 4.79 Å². The van der Waals surface area contributed by atoms with Gasteiger partial charge in [0.15, 0.2) is 0 Å². The number of piperazine rings is 1. The summed E-state index contributed by atoms with van der Waals surface area (Å²) in [5.41, 5.74) is 4.13. The van der Waals surface area contributed by atoms with Crippen molar-refractivity contribution in [1.82, 2.24) is 25.1 Å². The SMILES string of the molecule is O=C1CCN(N2C(=O)c3ccc(CN4C[C@H]5C[C@@H]4CN5C(c4ccccc4)c4ccccc4)cc3C2=O)C(=O)N1. The number of benzene rings is 3. The Morgan fingerprint density at radius 2 is 1.45 bits per heavy atom. The molecule has 0 aromatic heterocycles. The third-order valence-corrected chi connectivity index (χ3v) is 8.55. The van der Waals surface area contributed by atoms with Crippen LogP contribution in [0.5, 0.6) is 0 Å². The van der Waals surface area contributed by atoms with E-state index >= 15 is 0 Å². The van der Waals surface area contributed by atoms with Crippen molar-refractivity contribution in [2.24, 2.45) is 0 Å². The predicted octanol–water partition coefficient (Wildman–Crippen LogP) is 3.19. The molecule has 4 aliphatic rings. The Bertz CT molecular complexity index is 1470. The van der Waals surface area contributed by atoms with Gasteiger partial charge in [0.25, 0.3) is 11.8 Å². The number of nitrogens with zero attached hydrogens (tertiary/aromatic N) is 4. The summed E-state index contributed by atoms with van der Waals surface area (Å²) in [5.74, 6) is -1.49. The van der Waals surface area contributed by atoms with Crippen LogP contribution < -0.4 is 5.32 Å². The minimum Gasteiger partial charge on any atom is -0.293 e. The zero-order chi connectivity index (χ0) is 27.4. The maximum absolute atomic E-state index is 13.2. The fourth-order valence-corrected chi connectivity index (χ4v) is 6.71. The molecular weight excluding hydrogens is 506 g/mol. The molecule has 202 valence electrons. The van der Waals surface area contributed by atoms with Crippen LogP contribution in [0.15, 0.2) is 78.9 Å². The quantitative estimate of drug-likeness (QED) is 0.488. The zero-order valence-corrected chi connectivity index (χ0v) is 21.9. The van der Waals surface area contributed by atoms with Crippen LogP contribution in [0, 0.1) is 0 Å². The Hall–Kier alpha value is -4.34. The van der Waals surface area contributed by atoms with Gasteiger partial charge >= 0.3 is 6.03 Å². The Morgan fingerprint density at radius 1 is 0.775 bits per heavy atom. The topological polar surface area (TPSA) is 93.3 Å². The van der Waals surface area contributed by atoms with Crippen molar-refractivity contribution < 1.29 is 19.2 Å². The first kappa shape index (κ1) is 24.7. The number of carbonyl (C=O) groups is 4. The van der Waals surface area contributed by atoms with E-state index in [1.54, 1.807) is 12.1 Å². The van der Waals surface area contributed by atoms with Crippen LogP contribution in [-0.2, 0) is 11.3 Å². The fourth-order valence-electron chi connectivity index (χ4n) is 6.71. The number of likely N-dealkylation sites (tertiary alicyclic amines) is 2. The maximum atomic E-state index is 13.2. The summed E-state index contributed by atoms with van der Waals surface area (Å²) in [6.45, 7) is 2.56. The number of hydrazine groups is 1. The van der Waals surface area contributed by atoms with E-state index in [2.05, 4.69) is 75.8 Å². The van der Waals surface area contributed by atoms with E-state index in [-0.39, 0.29) is 24.6 Å². The summed E-state index contributed by atoms with van der Waals surface area (Å²) in [5, 5.41) is 4.06. The second-order valence-corrected chi connectivity index (χ2v) is 10.9. The van der Waals surface area contributed by atoms with Crippen molar-refractivity contribution in [3.8, 4) is 0 Å². The van der Waals surface area contributed by atoms with Crippen molar-refractivity contribution in [1.29, 1.82) is 0 Å². The summed E-state index contributed by atoms with van der Waals surface area (Å²) in [4.78, 5) is 55.1. The van der Waals surface area contributed by atoms with Gasteiger partial charge in [0, 0.05) is 38.1 Å². The van der Waals surface area contributed by atoms with E-state index in [0.717, 1.165) is 35.1 Å². The van der Waals surface area contributed by atoms with Crippen molar-refractivity contribution in [2.45, 2.75) is 37.5 Å². The molecule has 40 heavy (non-hydrogen) atoms. The lowest BCUT2D eigenvalue weighted by Crippen LogP contribution is -2.58. The molecule has 4 aliphatic heterocycles. The van der Waals surface area contributed by atoms with Gasteiger partial charge in [0.1, 0.15) is 0 Å². The van der Waals surface area contributed by atoms with E-state index in [0.29, 0.717) is 24.2 Å². The van der Waals surface area contributed by atoms with Crippen molar-refractivity contribution in [3.05, 3.63) is 107 Å². The molecule has 7 rings (SSSR count). The lowest BCUT2D eigenvalue weighted by Gasteiger charge is -2.39. The Balaban J connectivity index is 1.07. The molecule has 4 heterocycles. The predicted molar refractivity (Wildman–Crippen MR) is 146 cm³/mol. The van der Waals surface area contributed by atoms with Gasteiger partial charge in [-0.1, -0.05) is 66.7 Å². The third-order valence-electron chi connectivity index (χ3n) is 8.55. The van der Waals surface area contributed by atoms with Crippen LogP contribution in [0.3, 0.4) is 0 Å². The van der Waals surface area contributed by atoms with Gasteiger partial charge in [0.2, 0.25) is 5.91 Å². The number of urea groups is 1. The highest BCUT2D eigenvalue weighted by Gasteiger charge is 2.47. The number of rotatable bonds is 6. The first-order chi connectivity index (χ1) is 19.5. The van der Waals surface area contributed by atoms with Gasteiger partial charge < -0.3 is 0 Å². The van der Waals surface area contributed by atoms with E-state index in [1.807, 2.05) is 6.07 Å². The summed E-state index contributed by atoms with van der Waals surface area (Å²) in [6, 6.07) is 27.0. The molecule has 1 N–H and O–H groups in total. The third kappa shape index (κ3) is 4.09. The minimum absolute atomic E-state index is 0.0106.